The van der Waals surface area contributed by atoms with Crippen LogP contribution in [0.25, 0.3) is 11.0 Å². The van der Waals surface area contributed by atoms with Gasteiger partial charge in [0, 0.05) is 12.7 Å². The van der Waals surface area contributed by atoms with Crippen molar-refractivity contribution in [3.8, 4) is 0 Å². The van der Waals surface area contributed by atoms with Gasteiger partial charge >= 0.3 is 5.97 Å². The predicted octanol–water partition coefficient (Wildman–Crippen LogP) is 1.53. The van der Waals surface area contributed by atoms with Gasteiger partial charge in [0.05, 0.1) is 12.1 Å². The van der Waals surface area contributed by atoms with Crippen LogP contribution in [0.3, 0.4) is 0 Å². The number of rotatable bonds is 5. The number of carboxylic acid groups (broad SMARTS) is 1. The normalized spacial score (nSPS) is 10.6. The van der Waals surface area contributed by atoms with Crippen LogP contribution < -0.4 is 4.90 Å². The molecule has 0 spiro atoms. The highest BCUT2D eigenvalue weighted by Gasteiger charge is 2.09. The van der Waals surface area contributed by atoms with Gasteiger partial charge < -0.3 is 10.0 Å². The van der Waals surface area contributed by atoms with E-state index in [1.165, 1.54) is 0 Å². The third-order valence-corrected chi connectivity index (χ3v) is 2.73. The largest absolute Gasteiger partial charge is 0.480 e. The lowest BCUT2D eigenvalue weighted by Crippen LogP contribution is -2.24. The van der Waals surface area contributed by atoms with Gasteiger partial charge in [0.2, 0.25) is 0 Å². The van der Waals surface area contributed by atoms with Gasteiger partial charge in [-0.1, -0.05) is 17.4 Å². The summed E-state index contributed by atoms with van der Waals surface area (Å²) in [6.45, 7) is 6.36. The lowest BCUT2D eigenvalue weighted by atomic mass is 10.2. The first-order valence-corrected chi connectivity index (χ1v) is 5.88. The van der Waals surface area contributed by atoms with Crippen LogP contribution in [0.15, 0.2) is 30.4 Å². The molecule has 19 heavy (non-hydrogen) atoms. The highest BCUT2D eigenvalue weighted by Crippen LogP contribution is 2.20. The zero-order chi connectivity index (χ0) is 14.0. The van der Waals surface area contributed by atoms with Gasteiger partial charge in [0.15, 0.2) is 0 Å². The summed E-state index contributed by atoms with van der Waals surface area (Å²) in [7, 11) is 1.73. The van der Waals surface area contributed by atoms with E-state index in [-0.39, 0.29) is 6.54 Å². The van der Waals surface area contributed by atoms with Crippen molar-refractivity contribution >= 4 is 22.7 Å². The van der Waals surface area contributed by atoms with Crippen LogP contribution in [-0.2, 0) is 11.3 Å². The molecule has 0 atom stereocenters. The number of hydrogen-bond donors (Lipinski definition) is 1. The average molecular weight is 260 g/mol. The minimum Gasteiger partial charge on any atom is -0.480 e. The standard InChI is InChI=1S/C13H16N4O2/c1-9(2)7-17-12-5-4-10(6-11(12)14-15-17)16(3)8-13(18)19/h4-6H,1,7-8H2,2-3H3,(H,18,19). The van der Waals surface area contributed by atoms with Gasteiger partial charge in [-0.15, -0.1) is 5.10 Å². The molecule has 6 heteroatoms. The highest BCUT2D eigenvalue weighted by atomic mass is 16.4. The first-order chi connectivity index (χ1) is 8.97. The van der Waals surface area contributed by atoms with Crippen molar-refractivity contribution in [3.63, 3.8) is 0 Å². The van der Waals surface area contributed by atoms with Crippen molar-refractivity contribution < 1.29 is 9.90 Å². The number of likely N-dealkylation sites (N-methyl/N-ethyl adjacent to an activating group) is 1. The van der Waals surface area contributed by atoms with E-state index in [1.54, 1.807) is 16.6 Å². The molecule has 2 rings (SSSR count). The number of benzene rings is 1. The fourth-order valence-corrected chi connectivity index (χ4v) is 1.86. The summed E-state index contributed by atoms with van der Waals surface area (Å²) in [4.78, 5) is 12.3. The summed E-state index contributed by atoms with van der Waals surface area (Å²) in [5.74, 6) is -0.867. The molecule has 0 saturated heterocycles. The number of fused-ring (bicyclic) bond motifs is 1. The molecule has 0 radical (unpaired) electrons. The lowest BCUT2D eigenvalue weighted by Gasteiger charge is -2.16. The van der Waals surface area contributed by atoms with E-state index >= 15 is 0 Å². The molecule has 0 amide bonds. The molecule has 1 aromatic carbocycles. The molecule has 0 bridgehead atoms. The fraction of sp³-hybridized carbons (Fsp3) is 0.308. The van der Waals surface area contributed by atoms with Crippen LogP contribution in [-0.4, -0.2) is 39.7 Å². The summed E-state index contributed by atoms with van der Waals surface area (Å²) in [6, 6.07) is 5.59. The Morgan fingerprint density at radius 2 is 2.26 bits per heavy atom. The Bertz CT molecular complexity index is 633. The number of carbonyl (C=O) groups is 1. The molecule has 0 aliphatic heterocycles. The number of allylic oxidation sites excluding steroid dienone is 1. The molecule has 1 aromatic heterocycles. The van der Waals surface area contributed by atoms with Gasteiger partial charge in [0.1, 0.15) is 12.1 Å². The molecule has 1 N–H and O–H groups in total. The maximum Gasteiger partial charge on any atom is 0.323 e. The zero-order valence-electron chi connectivity index (χ0n) is 11.0. The Labute approximate surface area is 110 Å². The quantitative estimate of drug-likeness (QED) is 0.825. The van der Waals surface area contributed by atoms with Gasteiger partial charge in [-0.3, -0.25) is 4.79 Å². The van der Waals surface area contributed by atoms with Gasteiger partial charge in [-0.2, -0.15) is 0 Å². The Morgan fingerprint density at radius 3 is 2.89 bits per heavy atom. The van der Waals surface area contributed by atoms with Gasteiger partial charge in [0.25, 0.3) is 0 Å². The van der Waals surface area contributed by atoms with E-state index in [9.17, 15) is 4.79 Å². The van der Waals surface area contributed by atoms with Crippen molar-refractivity contribution in [1.82, 2.24) is 15.0 Å². The Kier molecular flexibility index (Phi) is 3.50. The number of carboxylic acids is 1. The van der Waals surface area contributed by atoms with E-state index in [0.717, 1.165) is 22.3 Å². The fourth-order valence-electron chi connectivity index (χ4n) is 1.86. The molecule has 2 aromatic rings. The second-order valence-electron chi connectivity index (χ2n) is 4.63. The number of anilines is 1. The molecular formula is C13H16N4O2. The maximum absolute atomic E-state index is 10.7. The second kappa shape index (κ2) is 5.09. The van der Waals surface area contributed by atoms with E-state index in [2.05, 4.69) is 16.9 Å². The average Bonchev–Trinajstić information content (AvgIpc) is 2.70. The first kappa shape index (κ1) is 13.1. The number of aliphatic carboxylic acids is 1. The summed E-state index contributed by atoms with van der Waals surface area (Å²) in [5.41, 5.74) is 3.46. The number of hydrogen-bond acceptors (Lipinski definition) is 4. The highest BCUT2D eigenvalue weighted by molar-refractivity contribution is 5.81. The lowest BCUT2D eigenvalue weighted by molar-refractivity contribution is -0.135. The molecule has 100 valence electrons. The van der Waals surface area contributed by atoms with Crippen molar-refractivity contribution in [2.24, 2.45) is 0 Å². The SMILES string of the molecule is C=C(C)Cn1nnc2cc(N(C)CC(=O)O)ccc21. The summed E-state index contributed by atoms with van der Waals surface area (Å²) < 4.78 is 1.78. The maximum atomic E-state index is 10.7. The van der Waals surface area contributed by atoms with Crippen LogP contribution in [0.5, 0.6) is 0 Å². The third-order valence-electron chi connectivity index (χ3n) is 2.73. The second-order valence-corrected chi connectivity index (χ2v) is 4.63. The molecule has 0 unspecified atom stereocenters. The topological polar surface area (TPSA) is 71.2 Å². The van der Waals surface area contributed by atoms with Gasteiger partial charge in [-0.25, -0.2) is 4.68 Å². The Morgan fingerprint density at radius 1 is 1.53 bits per heavy atom. The molecule has 0 aliphatic carbocycles. The molecular weight excluding hydrogens is 244 g/mol. The zero-order valence-corrected chi connectivity index (χ0v) is 11.0. The van der Waals surface area contributed by atoms with Gasteiger partial charge in [-0.05, 0) is 25.1 Å². The summed E-state index contributed by atoms with van der Waals surface area (Å²) >= 11 is 0. The third kappa shape index (κ3) is 2.90. The monoisotopic (exact) mass is 260 g/mol. The Hall–Kier alpha value is -2.37. The molecule has 6 nitrogen and oxygen atoms in total. The first-order valence-electron chi connectivity index (χ1n) is 5.88. The molecule has 0 aliphatic rings. The number of aromatic nitrogens is 3. The molecule has 0 fully saturated rings. The van der Waals surface area contributed by atoms with E-state index in [1.807, 2.05) is 25.1 Å². The predicted molar refractivity (Wildman–Crippen MR) is 73.2 cm³/mol. The van der Waals surface area contributed by atoms with Crippen molar-refractivity contribution in [2.45, 2.75) is 13.5 Å². The number of nitrogens with zero attached hydrogens (tertiary/aromatic N) is 4. The smallest absolute Gasteiger partial charge is 0.323 e. The van der Waals surface area contributed by atoms with Crippen LogP contribution in [0.2, 0.25) is 0 Å². The van der Waals surface area contributed by atoms with Crippen LogP contribution in [0.1, 0.15) is 6.92 Å². The van der Waals surface area contributed by atoms with Crippen LogP contribution in [0.4, 0.5) is 5.69 Å². The minimum atomic E-state index is -0.867. The van der Waals surface area contributed by atoms with E-state index in [0.29, 0.717) is 6.54 Å². The molecule has 1 heterocycles. The van der Waals surface area contributed by atoms with Crippen molar-refractivity contribution in [3.05, 3.63) is 30.4 Å². The Balaban J connectivity index is 2.32. The summed E-state index contributed by atoms with van der Waals surface area (Å²) in [5, 5.41) is 16.9. The van der Waals surface area contributed by atoms with Crippen molar-refractivity contribution in [1.29, 1.82) is 0 Å². The van der Waals surface area contributed by atoms with E-state index in [4.69, 9.17) is 5.11 Å². The van der Waals surface area contributed by atoms with Crippen molar-refractivity contribution in [2.75, 3.05) is 18.5 Å². The van der Waals surface area contributed by atoms with E-state index < -0.39 is 5.97 Å². The van der Waals surface area contributed by atoms with Crippen LogP contribution >= 0.6 is 0 Å². The molecule has 0 saturated carbocycles. The summed E-state index contributed by atoms with van der Waals surface area (Å²) in [6.07, 6.45) is 0. The van der Waals surface area contributed by atoms with Crippen LogP contribution in [0, 0.1) is 0 Å². The minimum absolute atomic E-state index is 0.0502.